The number of nitriles is 1. The molecule has 0 aliphatic rings. The van der Waals surface area contributed by atoms with E-state index in [0.29, 0.717) is 18.5 Å². The van der Waals surface area contributed by atoms with Gasteiger partial charge in [-0.05, 0) is 38.8 Å². The van der Waals surface area contributed by atoms with E-state index in [0.717, 1.165) is 0 Å². The van der Waals surface area contributed by atoms with Crippen molar-refractivity contribution in [2.24, 2.45) is 5.41 Å². The number of benzene rings is 1. The Balaban J connectivity index is 2.51. The zero-order valence-electron chi connectivity index (χ0n) is 11.1. The molecule has 0 aliphatic heterocycles. The van der Waals surface area contributed by atoms with Gasteiger partial charge in [-0.25, -0.2) is 4.79 Å². The van der Waals surface area contributed by atoms with Gasteiger partial charge in [-0.15, -0.1) is 0 Å². The summed E-state index contributed by atoms with van der Waals surface area (Å²) in [4.78, 5) is 11.8. The molecular formula is C14H17ClN2O2. The zero-order chi connectivity index (χ0) is 14.5. The van der Waals surface area contributed by atoms with Gasteiger partial charge < -0.3 is 10.5 Å². The third-order valence-electron chi connectivity index (χ3n) is 2.73. The molecule has 1 aromatic carbocycles. The Labute approximate surface area is 118 Å². The highest BCUT2D eigenvalue weighted by atomic mass is 35.5. The predicted octanol–water partition coefficient (Wildman–Crippen LogP) is 3.41. The normalized spacial score (nSPS) is 10.8. The second-order valence-corrected chi connectivity index (χ2v) is 5.35. The van der Waals surface area contributed by atoms with Crippen molar-refractivity contribution >= 4 is 23.3 Å². The minimum Gasteiger partial charge on any atom is -0.462 e. The Bertz CT molecular complexity index is 486. The van der Waals surface area contributed by atoms with E-state index in [1.54, 1.807) is 18.2 Å². The van der Waals surface area contributed by atoms with Gasteiger partial charge in [0.1, 0.15) is 5.56 Å². The smallest absolute Gasteiger partial charge is 0.341 e. The zero-order valence-corrected chi connectivity index (χ0v) is 11.8. The number of esters is 1. The molecule has 4 nitrogen and oxygen atoms in total. The second kappa shape index (κ2) is 6.44. The van der Waals surface area contributed by atoms with Gasteiger partial charge in [-0.1, -0.05) is 17.7 Å². The highest BCUT2D eigenvalue weighted by Gasteiger charge is 2.18. The number of nitrogens with two attached hydrogens (primary N) is 1. The lowest BCUT2D eigenvalue weighted by atomic mass is 9.90. The molecule has 0 radical (unpaired) electrons. The molecule has 0 atom stereocenters. The van der Waals surface area contributed by atoms with Crippen LogP contribution in [0.25, 0.3) is 0 Å². The van der Waals surface area contributed by atoms with Crippen molar-refractivity contribution in [2.45, 2.75) is 26.7 Å². The van der Waals surface area contributed by atoms with Crippen LogP contribution in [0.5, 0.6) is 0 Å². The average molecular weight is 281 g/mol. The maximum absolute atomic E-state index is 11.8. The summed E-state index contributed by atoms with van der Waals surface area (Å²) >= 11 is 5.91. The number of anilines is 1. The topological polar surface area (TPSA) is 76.1 Å². The highest BCUT2D eigenvalue weighted by Crippen LogP contribution is 2.24. The second-order valence-electron chi connectivity index (χ2n) is 4.94. The van der Waals surface area contributed by atoms with E-state index in [2.05, 4.69) is 6.07 Å². The first-order chi connectivity index (χ1) is 8.87. The van der Waals surface area contributed by atoms with Crippen LogP contribution in [-0.2, 0) is 4.74 Å². The van der Waals surface area contributed by atoms with E-state index >= 15 is 0 Å². The molecule has 0 saturated carbocycles. The van der Waals surface area contributed by atoms with Crippen LogP contribution < -0.4 is 5.73 Å². The van der Waals surface area contributed by atoms with Crippen LogP contribution in [0.4, 0.5) is 5.69 Å². The molecule has 1 rings (SSSR count). The third-order valence-corrected chi connectivity index (χ3v) is 3.05. The Morgan fingerprint density at radius 2 is 2.21 bits per heavy atom. The lowest BCUT2D eigenvalue weighted by Crippen LogP contribution is -2.13. The lowest BCUT2D eigenvalue weighted by Gasteiger charge is -2.14. The maximum atomic E-state index is 11.8. The van der Waals surface area contributed by atoms with Crippen LogP contribution >= 0.6 is 11.6 Å². The number of hydrogen-bond donors (Lipinski definition) is 1. The molecule has 0 bridgehead atoms. The van der Waals surface area contributed by atoms with E-state index in [1.807, 2.05) is 13.8 Å². The molecule has 0 unspecified atom stereocenters. The van der Waals surface area contributed by atoms with Gasteiger partial charge in [0.15, 0.2) is 0 Å². The average Bonchev–Trinajstić information content (AvgIpc) is 2.34. The molecule has 0 fully saturated rings. The molecule has 2 N–H and O–H groups in total. The predicted molar refractivity (Wildman–Crippen MR) is 74.8 cm³/mol. The molecule has 0 amide bonds. The molecule has 19 heavy (non-hydrogen) atoms. The van der Waals surface area contributed by atoms with Gasteiger partial charge in [0.25, 0.3) is 0 Å². The van der Waals surface area contributed by atoms with Gasteiger partial charge in [-0.3, -0.25) is 0 Å². The van der Waals surface area contributed by atoms with Crippen molar-refractivity contribution in [3.8, 4) is 6.07 Å². The molecule has 102 valence electrons. The first-order valence-electron chi connectivity index (χ1n) is 6.00. The van der Waals surface area contributed by atoms with E-state index in [-0.39, 0.29) is 17.2 Å². The Morgan fingerprint density at radius 1 is 1.53 bits per heavy atom. The SMILES string of the molecule is CC(C)(C#N)CCCOC(=O)c1c(N)cccc1Cl. The fourth-order valence-electron chi connectivity index (χ4n) is 1.56. The highest BCUT2D eigenvalue weighted by molar-refractivity contribution is 6.34. The fourth-order valence-corrected chi connectivity index (χ4v) is 1.82. The van der Waals surface area contributed by atoms with Crippen molar-refractivity contribution in [3.05, 3.63) is 28.8 Å². The number of carbonyl (C=O) groups excluding carboxylic acids is 1. The summed E-state index contributed by atoms with van der Waals surface area (Å²) in [6.07, 6.45) is 1.28. The number of hydrogen-bond acceptors (Lipinski definition) is 4. The summed E-state index contributed by atoms with van der Waals surface area (Å²) in [5.74, 6) is -0.530. The van der Waals surface area contributed by atoms with E-state index in [1.165, 1.54) is 0 Å². The van der Waals surface area contributed by atoms with Gasteiger partial charge >= 0.3 is 5.97 Å². The van der Waals surface area contributed by atoms with Crippen LogP contribution in [0.15, 0.2) is 18.2 Å². The summed E-state index contributed by atoms with van der Waals surface area (Å²) in [5, 5.41) is 9.14. The number of rotatable bonds is 5. The minimum absolute atomic E-state index is 0.198. The molecule has 0 aliphatic carbocycles. The fraction of sp³-hybridized carbons (Fsp3) is 0.429. The standard InChI is InChI=1S/C14H17ClN2O2/c1-14(2,9-16)7-4-8-19-13(18)12-10(15)5-3-6-11(12)17/h3,5-6H,4,7-8,17H2,1-2H3. The third kappa shape index (κ3) is 4.46. The summed E-state index contributed by atoms with van der Waals surface area (Å²) in [6, 6.07) is 7.06. The van der Waals surface area contributed by atoms with E-state index in [4.69, 9.17) is 27.3 Å². The summed E-state index contributed by atoms with van der Waals surface area (Å²) in [6.45, 7) is 3.94. The summed E-state index contributed by atoms with van der Waals surface area (Å²) in [7, 11) is 0. The quantitative estimate of drug-likeness (QED) is 0.509. The molecule has 0 spiro atoms. The van der Waals surface area contributed by atoms with Gasteiger partial charge in [-0.2, -0.15) is 5.26 Å². The molecule has 0 aromatic heterocycles. The van der Waals surface area contributed by atoms with Gasteiger partial charge in [0.2, 0.25) is 0 Å². The Morgan fingerprint density at radius 3 is 2.79 bits per heavy atom. The largest absolute Gasteiger partial charge is 0.462 e. The number of halogens is 1. The monoisotopic (exact) mass is 280 g/mol. The van der Waals surface area contributed by atoms with Crippen molar-refractivity contribution < 1.29 is 9.53 Å². The summed E-state index contributed by atoms with van der Waals surface area (Å²) in [5.41, 5.74) is 5.78. The number of nitrogen functional groups attached to an aromatic ring is 1. The molecule has 1 aromatic rings. The molecular weight excluding hydrogens is 264 g/mol. The van der Waals surface area contributed by atoms with Crippen LogP contribution in [-0.4, -0.2) is 12.6 Å². The number of carbonyl (C=O) groups is 1. The number of nitrogens with zero attached hydrogens (tertiary/aromatic N) is 1. The number of ether oxygens (including phenoxy) is 1. The first kappa shape index (κ1) is 15.3. The van der Waals surface area contributed by atoms with Crippen molar-refractivity contribution in [1.29, 1.82) is 5.26 Å². The maximum Gasteiger partial charge on any atom is 0.341 e. The van der Waals surface area contributed by atoms with Crippen LogP contribution in [0, 0.1) is 16.7 Å². The first-order valence-corrected chi connectivity index (χ1v) is 6.37. The summed E-state index contributed by atoms with van der Waals surface area (Å²) < 4.78 is 5.12. The Hall–Kier alpha value is -1.73. The van der Waals surface area contributed by atoms with Gasteiger partial charge in [0, 0.05) is 5.69 Å². The molecule has 5 heteroatoms. The van der Waals surface area contributed by atoms with Crippen LogP contribution in [0.1, 0.15) is 37.0 Å². The van der Waals surface area contributed by atoms with E-state index < -0.39 is 11.4 Å². The lowest BCUT2D eigenvalue weighted by molar-refractivity contribution is 0.0492. The minimum atomic E-state index is -0.530. The molecule has 0 heterocycles. The Kier molecular flexibility index (Phi) is 5.20. The van der Waals surface area contributed by atoms with Gasteiger partial charge in [0.05, 0.1) is 23.1 Å². The van der Waals surface area contributed by atoms with Crippen LogP contribution in [0.2, 0.25) is 5.02 Å². The van der Waals surface area contributed by atoms with Crippen molar-refractivity contribution in [2.75, 3.05) is 12.3 Å². The van der Waals surface area contributed by atoms with Crippen LogP contribution in [0.3, 0.4) is 0 Å². The van der Waals surface area contributed by atoms with Crippen molar-refractivity contribution in [1.82, 2.24) is 0 Å². The van der Waals surface area contributed by atoms with E-state index in [9.17, 15) is 4.79 Å². The molecule has 0 saturated heterocycles. The van der Waals surface area contributed by atoms with Crippen molar-refractivity contribution in [3.63, 3.8) is 0 Å².